The Morgan fingerprint density at radius 1 is 1.17 bits per heavy atom. The van der Waals surface area contributed by atoms with Gasteiger partial charge in [0.1, 0.15) is 5.82 Å². The van der Waals surface area contributed by atoms with Gasteiger partial charge in [-0.25, -0.2) is 12.8 Å². The van der Waals surface area contributed by atoms with Gasteiger partial charge in [-0.1, -0.05) is 11.6 Å². The zero-order chi connectivity index (χ0) is 21.2. The average Bonchev–Trinajstić information content (AvgIpc) is 3.07. The highest BCUT2D eigenvalue weighted by molar-refractivity contribution is 7.92. The number of hydrogen-bond acceptors (Lipinski definition) is 4. The minimum absolute atomic E-state index is 0.0718. The lowest BCUT2D eigenvalue weighted by atomic mass is 10.1. The number of rotatable bonds is 6. The molecule has 3 aromatic rings. The minimum atomic E-state index is -3.99. The Kier molecular flexibility index (Phi) is 6.26. The van der Waals surface area contributed by atoms with E-state index in [1.54, 1.807) is 23.3 Å². The van der Waals surface area contributed by atoms with E-state index in [9.17, 15) is 17.6 Å². The van der Waals surface area contributed by atoms with E-state index in [-0.39, 0.29) is 21.5 Å². The van der Waals surface area contributed by atoms with E-state index in [1.165, 1.54) is 18.2 Å². The van der Waals surface area contributed by atoms with Crippen LogP contribution in [0.2, 0.25) is 5.02 Å². The molecular weight excluding hydrogens is 435 g/mol. The van der Waals surface area contributed by atoms with Gasteiger partial charge in [0.15, 0.2) is 0 Å². The summed E-state index contributed by atoms with van der Waals surface area (Å²) in [5, 5.41) is 2.11. The fourth-order valence-electron chi connectivity index (χ4n) is 2.63. The van der Waals surface area contributed by atoms with Crippen molar-refractivity contribution in [1.29, 1.82) is 0 Å². The molecule has 29 heavy (non-hydrogen) atoms. The third-order valence-electron chi connectivity index (χ3n) is 4.28. The third-order valence-corrected chi connectivity index (χ3v) is 7.00. The predicted molar refractivity (Wildman–Crippen MR) is 114 cm³/mol. The number of carbonyl (C=O) groups is 1. The number of carbonyl (C=O) groups excluding carboxylic acids is 1. The lowest BCUT2D eigenvalue weighted by Crippen LogP contribution is -2.26. The molecule has 5 nitrogen and oxygen atoms in total. The van der Waals surface area contributed by atoms with Crippen LogP contribution in [0.25, 0.3) is 0 Å². The average molecular weight is 453 g/mol. The molecule has 2 aromatic carbocycles. The number of nitrogens with one attached hydrogen (secondary N) is 1. The SMILES string of the molecule is Cc1ccsc1CN(C)C(=O)c1ccc(Cl)c(NS(=O)(=O)c2ccc(F)cc2)c1. The van der Waals surface area contributed by atoms with Crippen LogP contribution < -0.4 is 4.72 Å². The highest BCUT2D eigenvalue weighted by Gasteiger charge is 2.19. The Balaban J connectivity index is 1.83. The molecule has 0 spiro atoms. The first kappa shape index (κ1) is 21.3. The van der Waals surface area contributed by atoms with Crippen LogP contribution in [-0.4, -0.2) is 26.3 Å². The fourth-order valence-corrected chi connectivity index (χ4v) is 4.88. The smallest absolute Gasteiger partial charge is 0.261 e. The molecule has 3 rings (SSSR count). The van der Waals surface area contributed by atoms with Crippen molar-refractivity contribution in [3.05, 3.63) is 80.8 Å². The van der Waals surface area contributed by atoms with E-state index in [0.29, 0.717) is 12.1 Å². The lowest BCUT2D eigenvalue weighted by molar-refractivity contribution is 0.0786. The van der Waals surface area contributed by atoms with E-state index < -0.39 is 15.8 Å². The molecule has 0 aliphatic heterocycles. The second kappa shape index (κ2) is 8.52. The topological polar surface area (TPSA) is 66.5 Å². The van der Waals surface area contributed by atoms with Crippen LogP contribution in [0.1, 0.15) is 20.8 Å². The standard InChI is InChI=1S/C20H18ClFN2O3S2/c1-13-9-10-28-19(13)12-24(2)20(25)14-3-8-17(21)18(11-14)23-29(26,27)16-6-4-15(22)5-7-16/h3-11,23H,12H2,1-2H3. The fraction of sp³-hybridized carbons (Fsp3) is 0.150. The quantitative estimate of drug-likeness (QED) is 0.577. The van der Waals surface area contributed by atoms with Crippen molar-refractivity contribution in [3.8, 4) is 0 Å². The van der Waals surface area contributed by atoms with E-state index in [2.05, 4.69) is 4.72 Å². The van der Waals surface area contributed by atoms with Crippen molar-refractivity contribution in [2.45, 2.75) is 18.4 Å². The molecule has 1 N–H and O–H groups in total. The van der Waals surface area contributed by atoms with Gasteiger partial charge in [0, 0.05) is 17.5 Å². The molecule has 1 amide bonds. The van der Waals surface area contributed by atoms with Gasteiger partial charge in [-0.05, 0) is 66.4 Å². The van der Waals surface area contributed by atoms with Crippen molar-refractivity contribution < 1.29 is 17.6 Å². The number of anilines is 1. The molecule has 0 aliphatic carbocycles. The molecule has 0 aliphatic rings. The first-order valence-electron chi connectivity index (χ1n) is 8.54. The molecule has 152 valence electrons. The molecular formula is C20H18ClFN2O3S2. The van der Waals surface area contributed by atoms with Gasteiger partial charge in [-0.15, -0.1) is 11.3 Å². The Bertz CT molecular complexity index is 1140. The predicted octanol–water partition coefficient (Wildman–Crippen LogP) is 4.92. The van der Waals surface area contributed by atoms with Crippen molar-refractivity contribution in [2.24, 2.45) is 0 Å². The summed E-state index contributed by atoms with van der Waals surface area (Å²) in [6.07, 6.45) is 0. The number of benzene rings is 2. The first-order chi connectivity index (χ1) is 13.7. The number of halogens is 2. The summed E-state index contributed by atoms with van der Waals surface area (Å²) in [5.41, 5.74) is 1.48. The van der Waals surface area contributed by atoms with E-state index >= 15 is 0 Å². The Morgan fingerprint density at radius 2 is 1.86 bits per heavy atom. The van der Waals surface area contributed by atoms with Gasteiger partial charge in [0.05, 0.1) is 22.2 Å². The summed E-state index contributed by atoms with van der Waals surface area (Å²) in [4.78, 5) is 15.3. The van der Waals surface area contributed by atoms with Gasteiger partial charge >= 0.3 is 0 Å². The Labute approximate surface area is 177 Å². The zero-order valence-corrected chi connectivity index (χ0v) is 18.0. The Hall–Kier alpha value is -2.42. The van der Waals surface area contributed by atoms with Gasteiger partial charge in [0.25, 0.3) is 15.9 Å². The molecule has 0 saturated carbocycles. The molecule has 0 radical (unpaired) electrons. The number of amides is 1. The molecule has 1 heterocycles. The molecule has 1 aromatic heterocycles. The number of sulfonamides is 1. The molecule has 0 saturated heterocycles. The van der Waals surface area contributed by atoms with E-state index in [1.807, 2.05) is 18.4 Å². The maximum atomic E-state index is 13.1. The normalized spacial score (nSPS) is 11.3. The highest BCUT2D eigenvalue weighted by atomic mass is 35.5. The summed E-state index contributed by atoms with van der Waals surface area (Å²) in [6.45, 7) is 2.43. The van der Waals surface area contributed by atoms with Crippen LogP contribution in [0.15, 0.2) is 58.8 Å². The molecule has 9 heteroatoms. The summed E-state index contributed by atoms with van der Waals surface area (Å²) >= 11 is 7.69. The van der Waals surface area contributed by atoms with Crippen molar-refractivity contribution in [1.82, 2.24) is 4.90 Å². The van der Waals surface area contributed by atoms with Crippen LogP contribution in [0.5, 0.6) is 0 Å². The van der Waals surface area contributed by atoms with E-state index in [4.69, 9.17) is 11.6 Å². The summed E-state index contributed by atoms with van der Waals surface area (Å²) in [7, 11) is -2.31. The minimum Gasteiger partial charge on any atom is -0.337 e. The van der Waals surface area contributed by atoms with E-state index in [0.717, 1.165) is 34.7 Å². The van der Waals surface area contributed by atoms with Crippen LogP contribution in [0, 0.1) is 12.7 Å². The second-order valence-electron chi connectivity index (χ2n) is 6.44. The Morgan fingerprint density at radius 3 is 2.48 bits per heavy atom. The van der Waals surface area contributed by atoms with Gasteiger partial charge in [-0.3, -0.25) is 9.52 Å². The third kappa shape index (κ3) is 4.95. The monoisotopic (exact) mass is 452 g/mol. The number of nitrogens with zero attached hydrogens (tertiary/aromatic N) is 1. The summed E-state index contributed by atoms with van der Waals surface area (Å²) in [5.74, 6) is -0.810. The van der Waals surface area contributed by atoms with Gasteiger partial charge in [-0.2, -0.15) is 0 Å². The number of hydrogen-bond donors (Lipinski definition) is 1. The molecule has 0 bridgehead atoms. The second-order valence-corrected chi connectivity index (χ2v) is 9.53. The van der Waals surface area contributed by atoms with Gasteiger partial charge < -0.3 is 4.90 Å². The summed E-state index contributed by atoms with van der Waals surface area (Å²) in [6, 6.07) is 10.8. The van der Waals surface area contributed by atoms with Crippen LogP contribution >= 0.6 is 22.9 Å². The number of aryl methyl sites for hydroxylation is 1. The van der Waals surface area contributed by atoms with Crippen molar-refractivity contribution >= 4 is 44.6 Å². The first-order valence-corrected chi connectivity index (χ1v) is 11.3. The maximum absolute atomic E-state index is 13.1. The summed E-state index contributed by atoms with van der Waals surface area (Å²) < 4.78 is 40.5. The molecule has 0 unspecified atom stereocenters. The van der Waals surface area contributed by atoms with Crippen molar-refractivity contribution in [2.75, 3.05) is 11.8 Å². The maximum Gasteiger partial charge on any atom is 0.261 e. The van der Waals surface area contributed by atoms with Gasteiger partial charge in [0.2, 0.25) is 0 Å². The molecule has 0 atom stereocenters. The van der Waals surface area contributed by atoms with Crippen molar-refractivity contribution in [3.63, 3.8) is 0 Å². The number of thiophene rings is 1. The highest BCUT2D eigenvalue weighted by Crippen LogP contribution is 2.27. The lowest BCUT2D eigenvalue weighted by Gasteiger charge is -2.18. The largest absolute Gasteiger partial charge is 0.337 e. The van der Waals surface area contributed by atoms with Crippen LogP contribution in [-0.2, 0) is 16.6 Å². The molecule has 0 fully saturated rings. The zero-order valence-electron chi connectivity index (χ0n) is 15.6. The van der Waals surface area contributed by atoms with Crippen LogP contribution in [0.3, 0.4) is 0 Å². The van der Waals surface area contributed by atoms with Crippen LogP contribution in [0.4, 0.5) is 10.1 Å².